The summed E-state index contributed by atoms with van der Waals surface area (Å²) < 4.78 is 19.1. The van der Waals surface area contributed by atoms with Gasteiger partial charge < -0.3 is 4.74 Å². The second-order valence-electron chi connectivity index (χ2n) is 6.17. The lowest BCUT2D eigenvalue weighted by Gasteiger charge is -2.12. The van der Waals surface area contributed by atoms with Crippen molar-refractivity contribution in [3.8, 4) is 16.9 Å². The van der Waals surface area contributed by atoms with E-state index in [9.17, 15) is 14.0 Å². The fraction of sp³-hybridized carbons (Fsp3) is 0.0909. The zero-order valence-electron chi connectivity index (χ0n) is 15.3. The third-order valence-electron chi connectivity index (χ3n) is 4.02. The molecule has 29 heavy (non-hydrogen) atoms. The molecule has 3 rings (SSSR count). The molecule has 0 bridgehead atoms. The van der Waals surface area contributed by atoms with Gasteiger partial charge in [0.2, 0.25) is 5.91 Å². The SMILES string of the molecule is O=C(COc1ccccc1-c1ccccc1)NNC(=O)Cc1ccc(F)c(Br)c1. The molecule has 5 nitrogen and oxygen atoms in total. The van der Waals surface area contributed by atoms with Crippen LogP contribution < -0.4 is 15.6 Å². The number of halogens is 2. The standard InChI is InChI=1S/C22H18BrFN2O3/c23-18-12-15(10-11-19(18)24)13-21(27)25-26-22(28)14-29-20-9-5-4-8-17(20)16-6-2-1-3-7-16/h1-12H,13-14H2,(H,25,27)(H,26,28). The van der Waals surface area contributed by atoms with Crippen LogP contribution in [0.1, 0.15) is 5.56 Å². The molecule has 3 aromatic rings. The van der Waals surface area contributed by atoms with Crippen molar-refractivity contribution in [3.05, 3.63) is 88.6 Å². The van der Waals surface area contributed by atoms with Crippen molar-refractivity contribution in [1.82, 2.24) is 10.9 Å². The van der Waals surface area contributed by atoms with Crippen LogP contribution in [0.5, 0.6) is 5.75 Å². The van der Waals surface area contributed by atoms with E-state index in [1.807, 2.05) is 48.5 Å². The first-order valence-corrected chi connectivity index (χ1v) is 9.61. The van der Waals surface area contributed by atoms with Crippen LogP contribution in [-0.4, -0.2) is 18.4 Å². The van der Waals surface area contributed by atoms with E-state index in [4.69, 9.17) is 4.74 Å². The predicted octanol–water partition coefficient (Wildman–Crippen LogP) is 4.02. The van der Waals surface area contributed by atoms with Crippen LogP contribution in [-0.2, 0) is 16.0 Å². The molecule has 2 amide bonds. The van der Waals surface area contributed by atoms with Crippen LogP contribution in [0.25, 0.3) is 11.1 Å². The van der Waals surface area contributed by atoms with Crippen molar-refractivity contribution in [3.63, 3.8) is 0 Å². The van der Waals surface area contributed by atoms with Gasteiger partial charge in [0, 0.05) is 5.56 Å². The van der Waals surface area contributed by atoms with Gasteiger partial charge in [-0.3, -0.25) is 20.4 Å². The number of carbonyl (C=O) groups excluding carboxylic acids is 2. The molecule has 0 aliphatic carbocycles. The maximum Gasteiger partial charge on any atom is 0.276 e. The topological polar surface area (TPSA) is 67.4 Å². The molecule has 2 N–H and O–H groups in total. The van der Waals surface area contributed by atoms with Gasteiger partial charge in [-0.2, -0.15) is 0 Å². The van der Waals surface area contributed by atoms with E-state index in [0.29, 0.717) is 11.3 Å². The van der Waals surface area contributed by atoms with Crippen LogP contribution in [0.4, 0.5) is 4.39 Å². The van der Waals surface area contributed by atoms with Crippen molar-refractivity contribution >= 4 is 27.7 Å². The lowest BCUT2D eigenvalue weighted by molar-refractivity contribution is -0.129. The first-order valence-electron chi connectivity index (χ1n) is 8.82. The Labute approximate surface area is 176 Å². The average Bonchev–Trinajstić information content (AvgIpc) is 2.74. The summed E-state index contributed by atoms with van der Waals surface area (Å²) in [4.78, 5) is 24.0. The smallest absolute Gasteiger partial charge is 0.276 e. The minimum atomic E-state index is -0.499. The lowest BCUT2D eigenvalue weighted by atomic mass is 10.1. The van der Waals surface area contributed by atoms with E-state index in [0.717, 1.165) is 11.1 Å². The van der Waals surface area contributed by atoms with Crippen molar-refractivity contribution in [2.75, 3.05) is 6.61 Å². The summed E-state index contributed by atoms with van der Waals surface area (Å²) in [7, 11) is 0. The second kappa shape index (κ2) is 9.84. The van der Waals surface area contributed by atoms with Crippen molar-refractivity contribution in [1.29, 1.82) is 0 Å². The highest BCUT2D eigenvalue weighted by Gasteiger charge is 2.10. The molecule has 148 valence electrons. The molecule has 0 fully saturated rings. The Hall–Kier alpha value is -3.19. The Morgan fingerprint density at radius 2 is 1.59 bits per heavy atom. The highest BCUT2D eigenvalue weighted by Crippen LogP contribution is 2.29. The van der Waals surface area contributed by atoms with Crippen LogP contribution in [0.15, 0.2) is 77.3 Å². The van der Waals surface area contributed by atoms with Gasteiger partial charge in [-0.1, -0.05) is 54.6 Å². The minimum absolute atomic E-state index is 0.00312. The van der Waals surface area contributed by atoms with Crippen LogP contribution >= 0.6 is 15.9 Å². The summed E-state index contributed by atoms with van der Waals surface area (Å²) in [5.41, 5.74) is 7.08. The van der Waals surface area contributed by atoms with Crippen molar-refractivity contribution in [2.24, 2.45) is 0 Å². The molecule has 0 spiro atoms. The second-order valence-corrected chi connectivity index (χ2v) is 7.03. The Morgan fingerprint density at radius 3 is 2.34 bits per heavy atom. The summed E-state index contributed by atoms with van der Waals surface area (Å²) in [5.74, 6) is -0.769. The Balaban J connectivity index is 1.50. The molecular formula is C22H18BrFN2O3. The summed E-state index contributed by atoms with van der Waals surface area (Å²) in [6.45, 7) is -0.258. The summed E-state index contributed by atoms with van der Waals surface area (Å²) in [6, 6.07) is 21.4. The van der Waals surface area contributed by atoms with E-state index in [1.54, 1.807) is 6.07 Å². The largest absolute Gasteiger partial charge is 0.483 e. The van der Waals surface area contributed by atoms with E-state index < -0.39 is 17.6 Å². The predicted molar refractivity (Wildman–Crippen MR) is 111 cm³/mol. The van der Waals surface area contributed by atoms with Gasteiger partial charge in [0.05, 0.1) is 10.9 Å². The third-order valence-corrected chi connectivity index (χ3v) is 4.63. The number of rotatable bonds is 6. The molecule has 0 saturated heterocycles. The molecule has 0 aliphatic heterocycles. The van der Waals surface area contributed by atoms with E-state index in [2.05, 4.69) is 26.8 Å². The molecule has 0 heterocycles. The van der Waals surface area contributed by atoms with Crippen molar-refractivity contribution < 1.29 is 18.7 Å². The van der Waals surface area contributed by atoms with Gasteiger partial charge >= 0.3 is 0 Å². The number of carbonyl (C=O) groups is 2. The van der Waals surface area contributed by atoms with Gasteiger partial charge in [-0.05, 0) is 45.3 Å². The highest BCUT2D eigenvalue weighted by molar-refractivity contribution is 9.10. The number of amides is 2. The number of hydrazine groups is 1. The molecule has 0 radical (unpaired) electrons. The summed E-state index contributed by atoms with van der Waals surface area (Å²) >= 11 is 3.07. The molecule has 0 aromatic heterocycles. The molecule has 0 saturated carbocycles. The van der Waals surface area contributed by atoms with Gasteiger partial charge in [-0.15, -0.1) is 0 Å². The number of nitrogens with one attached hydrogen (secondary N) is 2. The minimum Gasteiger partial charge on any atom is -0.483 e. The summed E-state index contributed by atoms with van der Waals surface area (Å²) in [5, 5.41) is 0. The third kappa shape index (κ3) is 5.89. The number of para-hydroxylation sites is 1. The average molecular weight is 457 g/mol. The van der Waals surface area contributed by atoms with Crippen LogP contribution in [0.2, 0.25) is 0 Å². The maximum atomic E-state index is 13.2. The molecule has 7 heteroatoms. The first kappa shape index (κ1) is 20.5. The molecule has 0 aliphatic rings. The van der Waals surface area contributed by atoms with Crippen molar-refractivity contribution in [2.45, 2.75) is 6.42 Å². The zero-order valence-corrected chi connectivity index (χ0v) is 16.9. The normalized spacial score (nSPS) is 10.3. The quantitative estimate of drug-likeness (QED) is 0.550. The van der Waals surface area contributed by atoms with Gasteiger partial charge in [0.15, 0.2) is 6.61 Å². The van der Waals surface area contributed by atoms with Gasteiger partial charge in [-0.25, -0.2) is 4.39 Å². The Kier molecular flexibility index (Phi) is 6.97. The van der Waals surface area contributed by atoms with Gasteiger partial charge in [0.1, 0.15) is 11.6 Å². The van der Waals surface area contributed by atoms with Gasteiger partial charge in [0.25, 0.3) is 5.91 Å². The monoisotopic (exact) mass is 456 g/mol. The first-order chi connectivity index (χ1) is 14.0. The fourth-order valence-corrected chi connectivity index (χ4v) is 3.07. The highest BCUT2D eigenvalue weighted by atomic mass is 79.9. The summed E-state index contributed by atoms with van der Waals surface area (Å²) in [6.07, 6.45) is -0.00312. The van der Waals surface area contributed by atoms with E-state index >= 15 is 0 Å². The number of hydrogen-bond donors (Lipinski definition) is 2. The van der Waals surface area contributed by atoms with E-state index in [1.165, 1.54) is 18.2 Å². The molecular weight excluding hydrogens is 439 g/mol. The lowest BCUT2D eigenvalue weighted by Crippen LogP contribution is -2.44. The van der Waals surface area contributed by atoms with Crippen LogP contribution in [0.3, 0.4) is 0 Å². The molecule has 0 atom stereocenters. The molecule has 0 unspecified atom stereocenters. The maximum absolute atomic E-state index is 13.2. The fourth-order valence-electron chi connectivity index (χ4n) is 2.65. The number of benzene rings is 3. The number of hydrogen-bond acceptors (Lipinski definition) is 3. The zero-order chi connectivity index (χ0) is 20.6. The van der Waals surface area contributed by atoms with E-state index in [-0.39, 0.29) is 17.5 Å². The Bertz CT molecular complexity index is 1010. The van der Waals surface area contributed by atoms with Crippen LogP contribution in [0, 0.1) is 5.82 Å². The Morgan fingerprint density at radius 1 is 0.897 bits per heavy atom. The molecule has 3 aromatic carbocycles. The number of ether oxygens (including phenoxy) is 1.